The topological polar surface area (TPSA) is 110 Å². The summed E-state index contributed by atoms with van der Waals surface area (Å²) in [7, 11) is 0. The van der Waals surface area contributed by atoms with Crippen LogP contribution in [0.3, 0.4) is 0 Å². The number of imide groups is 1. The minimum Gasteiger partial charge on any atom is -0.508 e. The number of carbonyl (C=O) groups excluding carboxylic acids is 4. The number of nitrogens with zero attached hydrogens (tertiary/aromatic N) is 1. The Kier molecular flexibility index (Phi) is 3.96. The Morgan fingerprint density at radius 1 is 1.29 bits per heavy atom. The summed E-state index contributed by atoms with van der Waals surface area (Å²) < 4.78 is 5.15. The Morgan fingerprint density at radius 3 is 2.62 bits per heavy atom. The summed E-state index contributed by atoms with van der Waals surface area (Å²) in [4.78, 5) is 51.8. The van der Waals surface area contributed by atoms with Gasteiger partial charge in [-0.3, -0.25) is 14.4 Å². The normalized spacial score (nSPS) is 23.0. The summed E-state index contributed by atoms with van der Waals surface area (Å²) in [5.74, 6) is -3.56. The van der Waals surface area contributed by atoms with Gasteiger partial charge in [0.25, 0.3) is 11.8 Å². The molecular weight excluding hydrogens is 318 g/mol. The van der Waals surface area contributed by atoms with Gasteiger partial charge in [0.15, 0.2) is 0 Å². The van der Waals surface area contributed by atoms with E-state index in [1.54, 1.807) is 13.0 Å². The first-order valence-electron chi connectivity index (χ1n) is 7.48. The van der Waals surface area contributed by atoms with Crippen LogP contribution in [0, 0.1) is 5.92 Å². The van der Waals surface area contributed by atoms with Gasteiger partial charge in [-0.1, -0.05) is 13.0 Å². The number of hydroxylamine groups is 2. The highest BCUT2D eigenvalue weighted by Gasteiger charge is 2.39. The van der Waals surface area contributed by atoms with Crippen LogP contribution in [-0.2, 0) is 24.0 Å². The fourth-order valence-corrected chi connectivity index (χ4v) is 2.83. The third-order valence-electron chi connectivity index (χ3n) is 4.19. The molecule has 2 heterocycles. The predicted octanol–water partition coefficient (Wildman–Crippen LogP) is 1.03. The second-order valence-electron chi connectivity index (χ2n) is 5.79. The smallest absolute Gasteiger partial charge is 0.334 e. The van der Waals surface area contributed by atoms with Crippen molar-refractivity contribution >= 4 is 23.8 Å². The molecule has 0 aliphatic carbocycles. The lowest BCUT2D eigenvalue weighted by atomic mass is 9.83. The number of aromatic hydroxyl groups is 1. The predicted molar refractivity (Wildman–Crippen MR) is 77.4 cm³/mol. The van der Waals surface area contributed by atoms with Crippen LogP contribution in [0.5, 0.6) is 11.5 Å². The third-order valence-corrected chi connectivity index (χ3v) is 4.19. The van der Waals surface area contributed by atoms with E-state index < -0.39 is 29.7 Å². The molecule has 3 rings (SSSR count). The molecule has 1 fully saturated rings. The fraction of sp³-hybridized carbons (Fsp3) is 0.375. The molecular formula is C16H15NO7. The van der Waals surface area contributed by atoms with Crippen molar-refractivity contribution in [2.45, 2.75) is 32.1 Å². The van der Waals surface area contributed by atoms with E-state index >= 15 is 0 Å². The van der Waals surface area contributed by atoms with E-state index in [1.807, 2.05) is 0 Å². The summed E-state index contributed by atoms with van der Waals surface area (Å²) in [6.07, 6.45) is -0.312. The Labute approximate surface area is 136 Å². The monoisotopic (exact) mass is 333 g/mol. The molecule has 0 saturated carbocycles. The molecule has 2 amide bonds. The molecule has 126 valence electrons. The molecule has 2 aliphatic rings. The van der Waals surface area contributed by atoms with Crippen molar-refractivity contribution in [1.82, 2.24) is 5.06 Å². The Bertz CT molecular complexity index is 726. The van der Waals surface area contributed by atoms with Crippen LogP contribution in [0.25, 0.3) is 0 Å². The van der Waals surface area contributed by atoms with Gasteiger partial charge in [0.05, 0.1) is 12.3 Å². The number of benzene rings is 1. The number of ether oxygens (including phenoxy) is 1. The van der Waals surface area contributed by atoms with Crippen molar-refractivity contribution in [2.75, 3.05) is 0 Å². The minimum absolute atomic E-state index is 0.00482. The number of rotatable bonds is 3. The van der Waals surface area contributed by atoms with Crippen LogP contribution in [0.4, 0.5) is 0 Å². The number of fused-ring (bicyclic) bond motifs is 1. The second-order valence-corrected chi connectivity index (χ2v) is 5.79. The number of phenols is 1. The molecule has 1 aromatic rings. The van der Waals surface area contributed by atoms with Crippen molar-refractivity contribution in [3.63, 3.8) is 0 Å². The van der Waals surface area contributed by atoms with E-state index in [4.69, 9.17) is 9.57 Å². The summed E-state index contributed by atoms with van der Waals surface area (Å²) >= 11 is 0. The molecule has 0 spiro atoms. The van der Waals surface area contributed by atoms with Gasteiger partial charge in [-0.2, -0.15) is 0 Å². The highest BCUT2D eigenvalue weighted by Crippen LogP contribution is 2.40. The fourth-order valence-electron chi connectivity index (χ4n) is 2.83. The van der Waals surface area contributed by atoms with E-state index in [0.717, 1.165) is 0 Å². The molecule has 1 saturated heterocycles. The molecule has 0 aromatic heterocycles. The van der Waals surface area contributed by atoms with Gasteiger partial charge < -0.3 is 14.7 Å². The van der Waals surface area contributed by atoms with Crippen LogP contribution in [0.15, 0.2) is 18.2 Å². The van der Waals surface area contributed by atoms with Crippen LogP contribution in [-0.4, -0.2) is 33.9 Å². The SMILES string of the molecule is CC1c2ccc(O)cc2OC(=O)C1CC(=O)ON1C(=O)CCC1=O. The summed E-state index contributed by atoms with van der Waals surface area (Å²) in [6.45, 7) is 1.75. The molecule has 1 N–H and O–H groups in total. The molecule has 8 nitrogen and oxygen atoms in total. The highest BCUT2D eigenvalue weighted by molar-refractivity contribution is 6.01. The maximum absolute atomic E-state index is 12.1. The number of phenolic OH excluding ortho intramolecular Hbond substituents is 1. The van der Waals surface area contributed by atoms with Gasteiger partial charge in [0, 0.05) is 18.9 Å². The highest BCUT2D eigenvalue weighted by atomic mass is 16.7. The van der Waals surface area contributed by atoms with Gasteiger partial charge in [-0.05, 0) is 17.5 Å². The number of esters is 1. The molecule has 24 heavy (non-hydrogen) atoms. The van der Waals surface area contributed by atoms with E-state index in [-0.39, 0.29) is 36.7 Å². The van der Waals surface area contributed by atoms with Gasteiger partial charge in [0.2, 0.25) is 0 Å². The van der Waals surface area contributed by atoms with E-state index in [1.165, 1.54) is 12.1 Å². The maximum atomic E-state index is 12.1. The molecule has 8 heteroatoms. The largest absolute Gasteiger partial charge is 0.508 e. The van der Waals surface area contributed by atoms with Gasteiger partial charge >= 0.3 is 11.9 Å². The molecule has 2 aliphatic heterocycles. The first-order chi connectivity index (χ1) is 11.4. The Morgan fingerprint density at radius 2 is 1.96 bits per heavy atom. The zero-order valence-electron chi connectivity index (χ0n) is 12.9. The van der Waals surface area contributed by atoms with Crippen molar-refractivity contribution in [2.24, 2.45) is 5.92 Å². The van der Waals surface area contributed by atoms with Crippen molar-refractivity contribution in [1.29, 1.82) is 0 Å². The van der Waals surface area contributed by atoms with Crippen molar-refractivity contribution in [3.8, 4) is 11.5 Å². The lowest BCUT2D eigenvalue weighted by Crippen LogP contribution is -2.36. The summed E-state index contributed by atoms with van der Waals surface area (Å²) in [5.41, 5.74) is 0.679. The molecule has 0 bridgehead atoms. The first-order valence-corrected chi connectivity index (χ1v) is 7.48. The average Bonchev–Trinajstić information content (AvgIpc) is 2.83. The maximum Gasteiger partial charge on any atom is 0.334 e. The average molecular weight is 333 g/mol. The van der Waals surface area contributed by atoms with Gasteiger partial charge in [-0.25, -0.2) is 4.79 Å². The zero-order chi connectivity index (χ0) is 17.4. The van der Waals surface area contributed by atoms with E-state index in [2.05, 4.69) is 0 Å². The van der Waals surface area contributed by atoms with Crippen molar-refractivity contribution in [3.05, 3.63) is 23.8 Å². The summed E-state index contributed by atoms with van der Waals surface area (Å²) in [6, 6.07) is 4.42. The lowest BCUT2D eigenvalue weighted by molar-refractivity contribution is -0.198. The van der Waals surface area contributed by atoms with Gasteiger partial charge in [-0.15, -0.1) is 5.06 Å². The standard InChI is InChI=1S/C16H15NO7/c1-8-10-3-2-9(18)6-12(10)23-16(22)11(8)7-15(21)24-17-13(19)4-5-14(17)20/h2-3,6,8,11,18H,4-5,7H2,1H3. The molecule has 2 atom stereocenters. The van der Waals surface area contributed by atoms with E-state index in [0.29, 0.717) is 10.6 Å². The van der Waals surface area contributed by atoms with E-state index in [9.17, 15) is 24.3 Å². The second kappa shape index (κ2) is 5.95. The van der Waals surface area contributed by atoms with Gasteiger partial charge in [0.1, 0.15) is 11.5 Å². The molecule has 2 unspecified atom stereocenters. The number of carbonyl (C=O) groups is 4. The molecule has 1 aromatic carbocycles. The minimum atomic E-state index is -0.852. The third kappa shape index (κ3) is 2.82. The van der Waals surface area contributed by atoms with Crippen LogP contribution < -0.4 is 4.74 Å². The number of hydrogen-bond acceptors (Lipinski definition) is 7. The van der Waals surface area contributed by atoms with Crippen LogP contribution >= 0.6 is 0 Å². The number of amides is 2. The Balaban J connectivity index is 1.72. The quantitative estimate of drug-likeness (QED) is 0.499. The molecule has 0 radical (unpaired) electrons. The van der Waals surface area contributed by atoms with Crippen LogP contribution in [0.2, 0.25) is 0 Å². The Hall–Kier alpha value is -2.90. The zero-order valence-corrected chi connectivity index (χ0v) is 12.9. The van der Waals surface area contributed by atoms with Crippen LogP contribution in [0.1, 0.15) is 37.7 Å². The lowest BCUT2D eigenvalue weighted by Gasteiger charge is -2.29. The summed E-state index contributed by atoms with van der Waals surface area (Å²) in [5, 5.41) is 9.90. The van der Waals surface area contributed by atoms with Crippen molar-refractivity contribution < 1.29 is 33.9 Å². The number of hydrogen-bond donors (Lipinski definition) is 1. The first kappa shape index (κ1) is 16.0.